The fourth-order valence-corrected chi connectivity index (χ4v) is 4.17. The van der Waals surface area contributed by atoms with Crippen LogP contribution in [0.15, 0.2) is 24.3 Å². The molecule has 2 heterocycles. The molecule has 150 valence electrons. The SMILES string of the molecule is Cc1ccc(CNC(=O)N2CC(N(CC(C)C)C3CCN(C)CC3)C2)cc1. The Kier molecular flexibility index (Phi) is 6.77. The van der Waals surface area contributed by atoms with Crippen LogP contribution in [0.25, 0.3) is 0 Å². The molecule has 5 nitrogen and oxygen atoms in total. The Balaban J connectivity index is 1.47. The van der Waals surface area contributed by atoms with Crippen LogP contribution < -0.4 is 5.32 Å². The number of nitrogens with one attached hydrogen (secondary N) is 1. The van der Waals surface area contributed by atoms with E-state index < -0.39 is 0 Å². The van der Waals surface area contributed by atoms with E-state index in [1.165, 1.54) is 31.5 Å². The first-order valence-electron chi connectivity index (χ1n) is 10.4. The number of likely N-dealkylation sites (tertiary alicyclic amines) is 2. The highest BCUT2D eigenvalue weighted by molar-refractivity contribution is 5.75. The Hall–Kier alpha value is -1.59. The lowest BCUT2D eigenvalue weighted by Gasteiger charge is -2.50. The minimum Gasteiger partial charge on any atom is -0.334 e. The molecule has 0 aliphatic carbocycles. The van der Waals surface area contributed by atoms with Gasteiger partial charge in [0, 0.05) is 38.3 Å². The average molecular weight is 373 g/mol. The Morgan fingerprint density at radius 1 is 1.15 bits per heavy atom. The van der Waals surface area contributed by atoms with Crippen molar-refractivity contribution in [3.63, 3.8) is 0 Å². The van der Waals surface area contributed by atoms with E-state index >= 15 is 0 Å². The van der Waals surface area contributed by atoms with Crippen molar-refractivity contribution in [1.82, 2.24) is 20.0 Å². The van der Waals surface area contributed by atoms with Gasteiger partial charge in [-0.1, -0.05) is 43.7 Å². The van der Waals surface area contributed by atoms with Crippen LogP contribution in [0.4, 0.5) is 4.79 Å². The summed E-state index contributed by atoms with van der Waals surface area (Å²) in [7, 11) is 2.21. The van der Waals surface area contributed by atoms with Crippen LogP contribution in [-0.2, 0) is 6.54 Å². The van der Waals surface area contributed by atoms with Crippen LogP contribution in [0.1, 0.15) is 37.8 Å². The fourth-order valence-electron chi connectivity index (χ4n) is 4.17. The molecule has 0 bridgehead atoms. The molecule has 2 amide bonds. The molecule has 3 rings (SSSR count). The summed E-state index contributed by atoms with van der Waals surface area (Å²) in [6.45, 7) is 12.5. The van der Waals surface area contributed by atoms with Gasteiger partial charge in [-0.15, -0.1) is 0 Å². The van der Waals surface area contributed by atoms with Crippen LogP contribution in [0.3, 0.4) is 0 Å². The number of aryl methyl sites for hydroxylation is 1. The molecule has 0 atom stereocenters. The number of hydrogen-bond donors (Lipinski definition) is 1. The van der Waals surface area contributed by atoms with Crippen molar-refractivity contribution in [2.24, 2.45) is 5.92 Å². The maximum atomic E-state index is 12.5. The topological polar surface area (TPSA) is 38.8 Å². The van der Waals surface area contributed by atoms with Crippen LogP contribution >= 0.6 is 0 Å². The Morgan fingerprint density at radius 2 is 1.78 bits per heavy atom. The minimum absolute atomic E-state index is 0.0692. The molecule has 0 saturated carbocycles. The Labute approximate surface area is 164 Å². The van der Waals surface area contributed by atoms with Crippen molar-refractivity contribution < 1.29 is 4.79 Å². The van der Waals surface area contributed by atoms with Crippen LogP contribution in [0.5, 0.6) is 0 Å². The number of piperidine rings is 1. The second-order valence-electron chi connectivity index (χ2n) is 8.83. The van der Waals surface area contributed by atoms with Gasteiger partial charge in [-0.2, -0.15) is 0 Å². The molecular weight excluding hydrogens is 336 g/mol. The van der Waals surface area contributed by atoms with E-state index in [1.54, 1.807) is 0 Å². The molecule has 0 unspecified atom stereocenters. The third-order valence-corrected chi connectivity index (χ3v) is 5.92. The van der Waals surface area contributed by atoms with E-state index in [0.29, 0.717) is 24.5 Å². The van der Waals surface area contributed by atoms with Crippen molar-refractivity contribution in [2.75, 3.05) is 39.8 Å². The average Bonchev–Trinajstić information content (AvgIpc) is 2.59. The second-order valence-corrected chi connectivity index (χ2v) is 8.83. The first-order chi connectivity index (χ1) is 12.9. The Morgan fingerprint density at radius 3 is 2.37 bits per heavy atom. The van der Waals surface area contributed by atoms with Crippen LogP contribution in [0, 0.1) is 12.8 Å². The largest absolute Gasteiger partial charge is 0.334 e. The standard InChI is InChI=1S/C22H36N4O/c1-17(2)14-26(20-9-11-24(4)12-10-20)21-15-25(16-21)22(27)23-13-19-7-5-18(3)6-8-19/h5-8,17,20-21H,9-16H2,1-4H3,(H,23,27). The number of carbonyl (C=O) groups excluding carboxylic acids is 1. The van der Waals surface area contributed by atoms with Crippen molar-refractivity contribution >= 4 is 6.03 Å². The maximum Gasteiger partial charge on any atom is 0.317 e. The summed E-state index contributed by atoms with van der Waals surface area (Å²) >= 11 is 0. The molecule has 2 aliphatic heterocycles. The van der Waals surface area contributed by atoms with Gasteiger partial charge in [0.1, 0.15) is 0 Å². The maximum absolute atomic E-state index is 12.5. The molecule has 1 aromatic rings. The summed E-state index contributed by atoms with van der Waals surface area (Å²) in [6.07, 6.45) is 2.50. The summed E-state index contributed by atoms with van der Waals surface area (Å²) in [6, 6.07) is 9.61. The highest BCUT2D eigenvalue weighted by atomic mass is 16.2. The molecule has 0 aromatic heterocycles. The van der Waals surface area contributed by atoms with E-state index in [2.05, 4.69) is 67.2 Å². The summed E-state index contributed by atoms with van der Waals surface area (Å²) in [5, 5.41) is 3.07. The molecule has 2 saturated heterocycles. The van der Waals surface area contributed by atoms with E-state index in [1.807, 2.05) is 4.90 Å². The molecule has 2 aliphatic rings. The zero-order valence-corrected chi connectivity index (χ0v) is 17.4. The highest BCUT2D eigenvalue weighted by Gasteiger charge is 2.38. The predicted octanol–water partition coefficient (Wildman–Crippen LogP) is 2.94. The third kappa shape index (κ3) is 5.45. The Bertz CT molecular complexity index is 601. The predicted molar refractivity (Wildman–Crippen MR) is 111 cm³/mol. The molecule has 5 heteroatoms. The van der Waals surface area contributed by atoms with Gasteiger partial charge in [0.25, 0.3) is 0 Å². The zero-order valence-electron chi connectivity index (χ0n) is 17.4. The summed E-state index contributed by atoms with van der Waals surface area (Å²) in [5.41, 5.74) is 2.40. The molecule has 1 N–H and O–H groups in total. The lowest BCUT2D eigenvalue weighted by molar-refractivity contribution is 0.00261. The van der Waals surface area contributed by atoms with Gasteiger partial charge in [0.2, 0.25) is 0 Å². The summed E-state index contributed by atoms with van der Waals surface area (Å²) < 4.78 is 0. The van der Waals surface area contributed by atoms with Crippen molar-refractivity contribution in [3.8, 4) is 0 Å². The van der Waals surface area contributed by atoms with Crippen LogP contribution in [0.2, 0.25) is 0 Å². The zero-order chi connectivity index (χ0) is 19.4. The monoisotopic (exact) mass is 372 g/mol. The van der Waals surface area contributed by atoms with Gasteiger partial charge in [0.15, 0.2) is 0 Å². The molecule has 27 heavy (non-hydrogen) atoms. The molecule has 2 fully saturated rings. The van der Waals surface area contributed by atoms with Crippen molar-refractivity contribution in [2.45, 2.75) is 52.2 Å². The van der Waals surface area contributed by atoms with Crippen molar-refractivity contribution in [3.05, 3.63) is 35.4 Å². The number of urea groups is 1. The minimum atomic E-state index is 0.0692. The molecular formula is C22H36N4O. The normalized spacial score (nSPS) is 19.6. The smallest absolute Gasteiger partial charge is 0.317 e. The van der Waals surface area contributed by atoms with Gasteiger partial charge < -0.3 is 15.1 Å². The number of carbonyl (C=O) groups is 1. The number of benzene rings is 1. The number of nitrogens with zero attached hydrogens (tertiary/aromatic N) is 3. The van der Waals surface area contributed by atoms with Gasteiger partial charge in [-0.05, 0) is 51.4 Å². The van der Waals surface area contributed by atoms with Gasteiger partial charge >= 0.3 is 6.03 Å². The van der Waals surface area contributed by atoms with Gasteiger partial charge in [0.05, 0.1) is 0 Å². The van der Waals surface area contributed by atoms with Crippen LogP contribution in [-0.4, -0.2) is 72.6 Å². The quantitative estimate of drug-likeness (QED) is 0.834. The van der Waals surface area contributed by atoms with Gasteiger partial charge in [-0.25, -0.2) is 4.79 Å². The molecule has 0 radical (unpaired) electrons. The second kappa shape index (κ2) is 9.07. The van der Waals surface area contributed by atoms with E-state index in [4.69, 9.17) is 0 Å². The molecule has 0 spiro atoms. The number of rotatable bonds is 6. The fraction of sp³-hybridized carbons (Fsp3) is 0.682. The number of amides is 2. The van der Waals surface area contributed by atoms with Gasteiger partial charge in [-0.3, -0.25) is 4.90 Å². The summed E-state index contributed by atoms with van der Waals surface area (Å²) in [4.78, 5) is 19.5. The van der Waals surface area contributed by atoms with E-state index in [0.717, 1.165) is 25.2 Å². The lowest BCUT2D eigenvalue weighted by atomic mass is 9.96. The van der Waals surface area contributed by atoms with E-state index in [-0.39, 0.29) is 6.03 Å². The highest BCUT2D eigenvalue weighted by Crippen LogP contribution is 2.24. The summed E-state index contributed by atoms with van der Waals surface area (Å²) in [5.74, 6) is 0.661. The van der Waals surface area contributed by atoms with E-state index in [9.17, 15) is 4.79 Å². The lowest BCUT2D eigenvalue weighted by Crippen LogP contribution is -2.65. The number of hydrogen-bond acceptors (Lipinski definition) is 3. The van der Waals surface area contributed by atoms with Crippen molar-refractivity contribution in [1.29, 1.82) is 0 Å². The first kappa shape index (κ1) is 20.2. The third-order valence-electron chi connectivity index (χ3n) is 5.92. The molecule has 1 aromatic carbocycles. The first-order valence-corrected chi connectivity index (χ1v) is 10.4.